The molecule has 0 unspecified atom stereocenters. The number of aromatic nitrogens is 1. The van der Waals surface area contributed by atoms with Crippen LogP contribution in [-0.4, -0.2) is 47.0 Å². The van der Waals surface area contributed by atoms with E-state index in [1.54, 1.807) is 0 Å². The summed E-state index contributed by atoms with van der Waals surface area (Å²) in [5.74, 6) is 0.700. The molecule has 2 fully saturated rings. The van der Waals surface area contributed by atoms with Crippen LogP contribution in [0.2, 0.25) is 0 Å². The quantitative estimate of drug-likeness (QED) is 0.859. The summed E-state index contributed by atoms with van der Waals surface area (Å²) in [6.45, 7) is 5.05. The van der Waals surface area contributed by atoms with Gasteiger partial charge in [0, 0.05) is 32.4 Å². The van der Waals surface area contributed by atoms with E-state index in [1.807, 2.05) is 11.1 Å². The summed E-state index contributed by atoms with van der Waals surface area (Å²) in [7, 11) is 0. The molecule has 3 heterocycles. The van der Waals surface area contributed by atoms with E-state index in [9.17, 15) is 4.79 Å². The van der Waals surface area contributed by atoms with Crippen LogP contribution in [0.25, 0.3) is 0 Å². The van der Waals surface area contributed by atoms with Crippen LogP contribution >= 0.6 is 0 Å². The maximum absolute atomic E-state index is 12.7. The van der Waals surface area contributed by atoms with Crippen molar-refractivity contribution in [3.63, 3.8) is 0 Å². The number of hydrogen-bond acceptors (Lipinski definition) is 3. The number of nitrogens with zero attached hydrogens (tertiary/aromatic N) is 3. The topological polar surface area (TPSA) is 48.5 Å². The van der Waals surface area contributed by atoms with Gasteiger partial charge in [0.1, 0.15) is 5.82 Å². The van der Waals surface area contributed by atoms with Crippen LogP contribution in [0, 0.1) is 5.41 Å². The molecule has 3 aliphatic rings. The molecular weight excluding hydrogens is 360 g/mol. The Bertz CT molecular complexity index is 874. The second kappa shape index (κ2) is 7.79. The Morgan fingerprint density at radius 2 is 1.79 bits per heavy atom. The summed E-state index contributed by atoms with van der Waals surface area (Å²) in [4.78, 5) is 21.7. The van der Waals surface area contributed by atoms with E-state index < -0.39 is 0 Å². The molecule has 0 saturated carbocycles. The summed E-state index contributed by atoms with van der Waals surface area (Å²) in [6, 6.07) is 12.8. The number of amides is 2. The second-order valence-electron chi connectivity index (χ2n) is 9.06. The fourth-order valence-electron chi connectivity index (χ4n) is 5.31. The highest BCUT2D eigenvalue weighted by Crippen LogP contribution is 2.40. The van der Waals surface area contributed by atoms with Gasteiger partial charge in [0.25, 0.3) is 0 Å². The van der Waals surface area contributed by atoms with Gasteiger partial charge >= 0.3 is 6.03 Å². The van der Waals surface area contributed by atoms with Gasteiger partial charge in [0.2, 0.25) is 0 Å². The molecule has 1 aliphatic carbocycles. The van der Waals surface area contributed by atoms with Crippen LogP contribution < -0.4 is 5.32 Å². The molecule has 0 radical (unpaired) electrons. The van der Waals surface area contributed by atoms with Crippen molar-refractivity contribution >= 4 is 11.8 Å². The third-order valence-corrected chi connectivity index (χ3v) is 7.09. The standard InChI is InChI=1S/C24H30N4O/c29-23(26-22-15-20-7-4-8-21(20)16-25-22)28-13-10-24(11-14-28)9-12-27(18-24)17-19-5-2-1-3-6-19/h1-3,5-6,15-16H,4,7-14,17-18H2,(H,25,26,29). The lowest BCUT2D eigenvalue weighted by Crippen LogP contribution is -2.45. The highest BCUT2D eigenvalue weighted by molar-refractivity contribution is 5.88. The molecule has 1 spiro atoms. The fraction of sp³-hybridized carbons (Fsp3) is 0.500. The third-order valence-electron chi connectivity index (χ3n) is 7.09. The van der Waals surface area contributed by atoms with Gasteiger partial charge in [-0.1, -0.05) is 30.3 Å². The molecule has 2 saturated heterocycles. The molecule has 0 bridgehead atoms. The van der Waals surface area contributed by atoms with Crippen molar-refractivity contribution in [3.05, 3.63) is 59.3 Å². The second-order valence-corrected chi connectivity index (χ2v) is 9.06. The Balaban J connectivity index is 1.14. The smallest absolute Gasteiger partial charge is 0.323 e. The number of urea groups is 1. The van der Waals surface area contributed by atoms with Gasteiger partial charge in [-0.3, -0.25) is 10.2 Å². The van der Waals surface area contributed by atoms with Gasteiger partial charge in [0.05, 0.1) is 0 Å². The summed E-state index contributed by atoms with van der Waals surface area (Å²) in [5.41, 5.74) is 4.46. The molecule has 5 rings (SSSR count). The van der Waals surface area contributed by atoms with Crippen LogP contribution in [0.3, 0.4) is 0 Å². The number of nitrogens with one attached hydrogen (secondary N) is 1. The molecule has 0 atom stereocenters. The normalized spacial score (nSPS) is 20.8. The summed E-state index contributed by atoms with van der Waals surface area (Å²) in [6.07, 6.45) is 8.81. The molecule has 152 valence electrons. The monoisotopic (exact) mass is 390 g/mol. The fourth-order valence-corrected chi connectivity index (χ4v) is 5.31. The zero-order valence-corrected chi connectivity index (χ0v) is 17.1. The first-order valence-corrected chi connectivity index (χ1v) is 11.0. The molecule has 29 heavy (non-hydrogen) atoms. The number of hydrogen-bond donors (Lipinski definition) is 1. The number of fused-ring (bicyclic) bond motifs is 1. The van der Waals surface area contributed by atoms with Crippen molar-refractivity contribution in [3.8, 4) is 0 Å². The SMILES string of the molecule is O=C(Nc1cc2c(cn1)CCC2)N1CCC2(CCN(Cc3ccccc3)C2)CC1. The minimum Gasteiger partial charge on any atom is -0.324 e. The van der Waals surface area contributed by atoms with Crippen LogP contribution in [0.1, 0.15) is 42.4 Å². The van der Waals surface area contributed by atoms with E-state index >= 15 is 0 Å². The molecule has 2 amide bonds. The predicted octanol–water partition coefficient (Wildman–Crippen LogP) is 4.09. The predicted molar refractivity (Wildman–Crippen MR) is 115 cm³/mol. The molecule has 2 aliphatic heterocycles. The minimum atomic E-state index is 0.00411. The lowest BCUT2D eigenvalue weighted by Gasteiger charge is -2.39. The highest BCUT2D eigenvalue weighted by atomic mass is 16.2. The van der Waals surface area contributed by atoms with Crippen molar-refractivity contribution in [1.82, 2.24) is 14.8 Å². The number of aryl methyl sites for hydroxylation is 2. The molecule has 1 aromatic heterocycles. The van der Waals surface area contributed by atoms with Gasteiger partial charge in [-0.05, 0) is 73.2 Å². The van der Waals surface area contributed by atoms with E-state index in [0.717, 1.165) is 51.9 Å². The summed E-state index contributed by atoms with van der Waals surface area (Å²) < 4.78 is 0. The van der Waals surface area contributed by atoms with E-state index in [0.29, 0.717) is 11.2 Å². The van der Waals surface area contributed by atoms with Gasteiger partial charge in [-0.2, -0.15) is 0 Å². The number of carbonyl (C=O) groups is 1. The number of rotatable bonds is 3. The first-order chi connectivity index (χ1) is 14.2. The number of anilines is 1. The Morgan fingerprint density at radius 1 is 1.03 bits per heavy atom. The van der Waals surface area contributed by atoms with E-state index in [2.05, 4.69) is 51.6 Å². The van der Waals surface area contributed by atoms with Crippen molar-refractivity contribution in [2.24, 2.45) is 5.41 Å². The Kier molecular flexibility index (Phi) is 5.00. The highest BCUT2D eigenvalue weighted by Gasteiger charge is 2.41. The maximum Gasteiger partial charge on any atom is 0.323 e. The Hall–Kier alpha value is -2.40. The number of likely N-dealkylation sites (tertiary alicyclic amines) is 2. The lowest BCUT2D eigenvalue weighted by molar-refractivity contribution is 0.124. The summed E-state index contributed by atoms with van der Waals surface area (Å²) >= 11 is 0. The van der Waals surface area contributed by atoms with Crippen LogP contribution in [0.5, 0.6) is 0 Å². The third kappa shape index (κ3) is 4.01. The largest absolute Gasteiger partial charge is 0.324 e. The Morgan fingerprint density at radius 3 is 2.62 bits per heavy atom. The van der Waals surface area contributed by atoms with E-state index in [-0.39, 0.29) is 6.03 Å². The first-order valence-electron chi connectivity index (χ1n) is 11.0. The van der Waals surface area contributed by atoms with Crippen molar-refractivity contribution in [2.75, 3.05) is 31.5 Å². The number of pyridine rings is 1. The van der Waals surface area contributed by atoms with Gasteiger partial charge in [-0.25, -0.2) is 9.78 Å². The molecule has 5 heteroatoms. The average Bonchev–Trinajstić information content (AvgIpc) is 3.36. The van der Waals surface area contributed by atoms with Crippen molar-refractivity contribution in [1.29, 1.82) is 0 Å². The van der Waals surface area contributed by atoms with Crippen LogP contribution in [0.15, 0.2) is 42.6 Å². The van der Waals surface area contributed by atoms with Gasteiger partial charge < -0.3 is 4.90 Å². The van der Waals surface area contributed by atoms with Gasteiger partial charge in [0.15, 0.2) is 0 Å². The maximum atomic E-state index is 12.7. The van der Waals surface area contributed by atoms with Crippen molar-refractivity contribution < 1.29 is 4.79 Å². The Labute approximate surface area is 173 Å². The number of carbonyl (C=O) groups excluding carboxylic acids is 1. The van der Waals surface area contributed by atoms with Crippen LogP contribution in [-0.2, 0) is 19.4 Å². The molecule has 1 aromatic carbocycles. The molecular formula is C24H30N4O. The first kappa shape index (κ1) is 18.6. The molecule has 2 aromatic rings. The van der Waals surface area contributed by atoms with E-state index in [4.69, 9.17) is 0 Å². The van der Waals surface area contributed by atoms with Gasteiger partial charge in [-0.15, -0.1) is 0 Å². The summed E-state index contributed by atoms with van der Waals surface area (Å²) in [5, 5.41) is 3.03. The zero-order chi connectivity index (χ0) is 19.7. The lowest BCUT2D eigenvalue weighted by atomic mass is 9.78. The van der Waals surface area contributed by atoms with E-state index in [1.165, 1.54) is 36.1 Å². The zero-order valence-electron chi connectivity index (χ0n) is 17.1. The van der Waals surface area contributed by atoms with Crippen molar-refractivity contribution in [2.45, 2.75) is 45.1 Å². The molecule has 5 nitrogen and oxygen atoms in total. The number of piperidine rings is 1. The number of benzene rings is 1. The van der Waals surface area contributed by atoms with Crippen LogP contribution in [0.4, 0.5) is 10.6 Å². The minimum absolute atomic E-state index is 0.00411. The average molecular weight is 391 g/mol. The molecule has 1 N–H and O–H groups in total.